The van der Waals surface area contributed by atoms with Crippen molar-refractivity contribution in [1.82, 2.24) is 0 Å². The lowest BCUT2D eigenvalue weighted by Gasteiger charge is -2.10. The lowest BCUT2D eigenvalue weighted by molar-refractivity contribution is 0.0473. The van der Waals surface area contributed by atoms with Gasteiger partial charge >= 0.3 is 5.97 Å². The molecule has 0 atom stereocenters. The Balaban J connectivity index is 1.69. The van der Waals surface area contributed by atoms with Crippen molar-refractivity contribution >= 4 is 11.8 Å². The molecule has 3 rings (SSSR count). The molecule has 0 N–H and O–H groups in total. The predicted octanol–water partition coefficient (Wildman–Crippen LogP) is 4.60. The Bertz CT molecular complexity index is 968. The molecule has 0 saturated carbocycles. The average Bonchev–Trinajstić information content (AvgIpc) is 2.69. The van der Waals surface area contributed by atoms with Crippen LogP contribution in [-0.2, 0) is 11.2 Å². The number of hydrogen-bond acceptors (Lipinski definition) is 3. The Kier molecular flexibility index (Phi) is 5.71. The summed E-state index contributed by atoms with van der Waals surface area (Å²) in [6, 6.07) is 19.4. The molecule has 0 fully saturated rings. The summed E-state index contributed by atoms with van der Waals surface area (Å²) in [4.78, 5) is 24.5. The molecule has 0 saturated heterocycles. The average molecular weight is 366 g/mol. The summed E-state index contributed by atoms with van der Waals surface area (Å²) in [5.74, 6) is -3.42. The molecule has 0 aliphatic rings. The van der Waals surface area contributed by atoms with Gasteiger partial charge in [-0.05, 0) is 41.8 Å². The molecule has 27 heavy (non-hydrogen) atoms. The van der Waals surface area contributed by atoms with Gasteiger partial charge in [0, 0.05) is 5.56 Å². The highest BCUT2D eigenvalue weighted by Gasteiger charge is 2.16. The zero-order valence-electron chi connectivity index (χ0n) is 14.3. The predicted molar refractivity (Wildman–Crippen MR) is 96.7 cm³/mol. The van der Waals surface area contributed by atoms with E-state index in [1.807, 2.05) is 42.5 Å². The number of hydrogen-bond donors (Lipinski definition) is 0. The van der Waals surface area contributed by atoms with Gasteiger partial charge in [-0.3, -0.25) is 4.79 Å². The highest BCUT2D eigenvalue weighted by Crippen LogP contribution is 2.16. The second-order valence-electron chi connectivity index (χ2n) is 5.95. The van der Waals surface area contributed by atoms with Gasteiger partial charge < -0.3 is 4.74 Å². The molecule has 0 bridgehead atoms. The van der Waals surface area contributed by atoms with Crippen LogP contribution in [0.25, 0.3) is 0 Å². The number of carbonyl (C=O) groups is 2. The number of Topliss-reactive ketones (excluding diaryl/α,β-unsaturated/α-hetero) is 1. The molecule has 3 nitrogen and oxygen atoms in total. The van der Waals surface area contributed by atoms with E-state index in [2.05, 4.69) is 0 Å². The van der Waals surface area contributed by atoms with Crippen molar-refractivity contribution in [3.63, 3.8) is 0 Å². The zero-order valence-corrected chi connectivity index (χ0v) is 14.3. The van der Waals surface area contributed by atoms with Crippen LogP contribution in [0.1, 0.15) is 31.8 Å². The van der Waals surface area contributed by atoms with Crippen LogP contribution < -0.4 is 0 Å². The number of ketones is 1. The first-order valence-corrected chi connectivity index (χ1v) is 8.32. The van der Waals surface area contributed by atoms with Crippen LogP contribution in [0.3, 0.4) is 0 Å². The smallest absolute Gasteiger partial charge is 0.338 e. The van der Waals surface area contributed by atoms with Crippen LogP contribution >= 0.6 is 0 Å². The zero-order chi connectivity index (χ0) is 19.2. The summed E-state index contributed by atoms with van der Waals surface area (Å²) in [5, 5.41) is 0. The van der Waals surface area contributed by atoms with Gasteiger partial charge in [0.1, 0.15) is 0 Å². The molecular formula is C22H16F2O3. The van der Waals surface area contributed by atoms with Gasteiger partial charge in [-0.25, -0.2) is 13.6 Å². The second kappa shape index (κ2) is 8.36. The topological polar surface area (TPSA) is 43.4 Å². The highest BCUT2D eigenvalue weighted by molar-refractivity contribution is 5.99. The fourth-order valence-corrected chi connectivity index (χ4v) is 2.65. The first kappa shape index (κ1) is 18.5. The number of ether oxygens (including phenoxy) is 1. The Morgan fingerprint density at radius 3 is 2.26 bits per heavy atom. The molecule has 0 spiro atoms. The molecule has 136 valence electrons. The van der Waals surface area contributed by atoms with Crippen molar-refractivity contribution in [3.05, 3.63) is 107 Å². The van der Waals surface area contributed by atoms with E-state index < -0.39 is 30.0 Å². The van der Waals surface area contributed by atoms with E-state index in [1.54, 1.807) is 12.1 Å². The lowest BCUT2D eigenvalue weighted by Crippen LogP contribution is -2.16. The van der Waals surface area contributed by atoms with Crippen LogP contribution in [0, 0.1) is 11.6 Å². The number of rotatable bonds is 6. The van der Waals surface area contributed by atoms with Crippen LogP contribution in [0.2, 0.25) is 0 Å². The number of esters is 1. The fourth-order valence-electron chi connectivity index (χ4n) is 2.65. The number of benzene rings is 3. The van der Waals surface area contributed by atoms with Crippen LogP contribution in [0.5, 0.6) is 0 Å². The third-order valence-electron chi connectivity index (χ3n) is 4.05. The Morgan fingerprint density at radius 2 is 1.52 bits per heavy atom. The molecule has 0 heterocycles. The van der Waals surface area contributed by atoms with Crippen LogP contribution in [0.4, 0.5) is 8.78 Å². The van der Waals surface area contributed by atoms with Gasteiger partial charge in [0.05, 0.1) is 5.56 Å². The summed E-state index contributed by atoms with van der Waals surface area (Å²) in [7, 11) is 0. The van der Waals surface area contributed by atoms with Gasteiger partial charge in [-0.2, -0.15) is 0 Å². The van der Waals surface area contributed by atoms with E-state index in [0.717, 1.165) is 29.3 Å². The monoisotopic (exact) mass is 366 g/mol. The lowest BCUT2D eigenvalue weighted by atomic mass is 10.00. The second-order valence-corrected chi connectivity index (χ2v) is 5.95. The third-order valence-corrected chi connectivity index (χ3v) is 4.05. The van der Waals surface area contributed by atoms with E-state index in [1.165, 1.54) is 0 Å². The van der Waals surface area contributed by atoms with Crippen molar-refractivity contribution in [2.75, 3.05) is 6.61 Å². The molecule has 0 aliphatic carbocycles. The quantitative estimate of drug-likeness (QED) is 0.473. The van der Waals surface area contributed by atoms with E-state index in [0.29, 0.717) is 12.0 Å². The normalized spacial score (nSPS) is 10.4. The van der Waals surface area contributed by atoms with Crippen molar-refractivity contribution < 1.29 is 23.1 Å². The largest absolute Gasteiger partial charge is 0.454 e. The molecule has 0 aromatic heterocycles. The first-order valence-electron chi connectivity index (χ1n) is 8.32. The maximum Gasteiger partial charge on any atom is 0.338 e. The standard InChI is InChI=1S/C22H16F2O3/c23-19-11-10-17(13-20(19)24)21(25)14-27-22(26)18-9-5-4-8-16(18)12-15-6-2-1-3-7-15/h1-11,13H,12,14H2. The van der Waals surface area contributed by atoms with Gasteiger partial charge in [-0.15, -0.1) is 0 Å². The Hall–Kier alpha value is -3.34. The molecule has 3 aromatic carbocycles. The van der Waals surface area contributed by atoms with Crippen molar-refractivity contribution in [3.8, 4) is 0 Å². The van der Waals surface area contributed by atoms with E-state index in [4.69, 9.17) is 4.74 Å². The minimum atomic E-state index is -1.12. The maximum absolute atomic E-state index is 13.2. The first-order chi connectivity index (χ1) is 13.0. The van der Waals surface area contributed by atoms with Crippen molar-refractivity contribution in [1.29, 1.82) is 0 Å². The van der Waals surface area contributed by atoms with Crippen LogP contribution in [0.15, 0.2) is 72.8 Å². The van der Waals surface area contributed by atoms with E-state index in [-0.39, 0.29) is 5.56 Å². The van der Waals surface area contributed by atoms with Gasteiger partial charge in [0.15, 0.2) is 24.0 Å². The van der Waals surface area contributed by atoms with Gasteiger partial charge in [0.25, 0.3) is 0 Å². The molecule has 3 aromatic rings. The minimum Gasteiger partial charge on any atom is -0.454 e. The number of carbonyl (C=O) groups excluding carboxylic acids is 2. The summed E-state index contributed by atoms with van der Waals surface area (Å²) in [5.41, 5.74) is 2.11. The molecule has 0 radical (unpaired) electrons. The molecule has 5 heteroatoms. The van der Waals surface area contributed by atoms with Crippen molar-refractivity contribution in [2.24, 2.45) is 0 Å². The van der Waals surface area contributed by atoms with E-state index in [9.17, 15) is 18.4 Å². The van der Waals surface area contributed by atoms with Crippen LogP contribution in [-0.4, -0.2) is 18.4 Å². The minimum absolute atomic E-state index is 0.0562. The summed E-state index contributed by atoms with van der Waals surface area (Å²) in [6.07, 6.45) is 0.545. The molecule has 0 unspecified atom stereocenters. The SMILES string of the molecule is O=C(COC(=O)c1ccccc1Cc1ccccc1)c1ccc(F)c(F)c1. The third kappa shape index (κ3) is 4.64. The molecule has 0 amide bonds. The van der Waals surface area contributed by atoms with E-state index >= 15 is 0 Å². The van der Waals surface area contributed by atoms with Gasteiger partial charge in [-0.1, -0.05) is 48.5 Å². The summed E-state index contributed by atoms with van der Waals surface area (Å²) < 4.78 is 31.3. The summed E-state index contributed by atoms with van der Waals surface area (Å²) in [6.45, 7) is -0.552. The fraction of sp³-hybridized carbons (Fsp3) is 0.0909. The highest BCUT2D eigenvalue weighted by atomic mass is 19.2. The molecule has 0 aliphatic heterocycles. The Morgan fingerprint density at radius 1 is 0.815 bits per heavy atom. The van der Waals surface area contributed by atoms with Gasteiger partial charge in [0.2, 0.25) is 0 Å². The number of halogens is 2. The molecular weight excluding hydrogens is 350 g/mol. The Labute approximate surface area is 155 Å². The maximum atomic E-state index is 13.2. The summed E-state index contributed by atoms with van der Waals surface area (Å²) >= 11 is 0. The van der Waals surface area contributed by atoms with Crippen molar-refractivity contribution in [2.45, 2.75) is 6.42 Å².